The summed E-state index contributed by atoms with van der Waals surface area (Å²) in [5.74, 6) is 0.744. The van der Waals surface area contributed by atoms with E-state index in [1.807, 2.05) is 35.8 Å². The molecule has 2 heterocycles. The summed E-state index contributed by atoms with van der Waals surface area (Å²) in [6.45, 7) is 1.10. The van der Waals surface area contributed by atoms with Crippen LogP contribution in [0.25, 0.3) is 0 Å². The number of amides is 1. The van der Waals surface area contributed by atoms with Gasteiger partial charge in [0.15, 0.2) is 15.8 Å². The molecule has 0 aromatic carbocycles. The van der Waals surface area contributed by atoms with Crippen LogP contribution in [0.3, 0.4) is 0 Å². The maximum atomic E-state index is 12.0. The predicted molar refractivity (Wildman–Crippen MR) is 121 cm³/mol. The van der Waals surface area contributed by atoms with Crippen LogP contribution < -0.4 is 10.6 Å². The lowest BCUT2D eigenvalue weighted by atomic mass is 10.2. The van der Waals surface area contributed by atoms with Gasteiger partial charge in [0.1, 0.15) is 0 Å². The fourth-order valence-corrected chi connectivity index (χ4v) is 5.17. The molecule has 1 aromatic heterocycles. The molecule has 27 heavy (non-hydrogen) atoms. The Kier molecular flexibility index (Phi) is 9.55. The van der Waals surface area contributed by atoms with Gasteiger partial charge >= 0.3 is 0 Å². The zero-order valence-corrected chi connectivity index (χ0v) is 20.5. The first kappa shape index (κ1) is 24.2. The number of rotatable bonds is 6. The number of aliphatic imine (C=N–C) groups is 1. The molecule has 1 aliphatic heterocycles. The summed E-state index contributed by atoms with van der Waals surface area (Å²) < 4.78 is 25.9. The molecular weight excluding hydrogens is 549 g/mol. The molecule has 11 heteroatoms. The molecule has 0 spiro atoms. The molecule has 1 unspecified atom stereocenters. The van der Waals surface area contributed by atoms with Gasteiger partial charge in [-0.05, 0) is 28.4 Å². The molecule has 0 saturated carbocycles. The number of carbonyl (C=O) groups is 1. The number of carbonyl (C=O) groups excluding carboxylic acids is 1. The number of sulfone groups is 1. The average Bonchev–Trinajstić information content (AvgIpc) is 3.04. The van der Waals surface area contributed by atoms with E-state index in [9.17, 15) is 13.2 Å². The van der Waals surface area contributed by atoms with Gasteiger partial charge in [0.05, 0.1) is 18.1 Å². The van der Waals surface area contributed by atoms with Crippen molar-refractivity contribution in [2.24, 2.45) is 12.0 Å². The lowest BCUT2D eigenvalue weighted by Gasteiger charge is -2.22. The Morgan fingerprint density at radius 3 is 2.70 bits per heavy atom. The van der Waals surface area contributed by atoms with E-state index in [-0.39, 0.29) is 53.9 Å². The van der Waals surface area contributed by atoms with Crippen molar-refractivity contribution >= 4 is 61.6 Å². The minimum absolute atomic E-state index is 0. The molecule has 0 aliphatic carbocycles. The van der Waals surface area contributed by atoms with E-state index < -0.39 is 9.84 Å². The van der Waals surface area contributed by atoms with Crippen molar-refractivity contribution in [3.05, 3.63) is 22.4 Å². The van der Waals surface area contributed by atoms with Gasteiger partial charge in [-0.3, -0.25) is 9.79 Å². The highest BCUT2D eigenvalue weighted by molar-refractivity contribution is 14.0. The Balaban J connectivity index is 0.00000364. The third kappa shape index (κ3) is 7.60. The van der Waals surface area contributed by atoms with Crippen molar-refractivity contribution in [1.82, 2.24) is 20.1 Å². The Bertz CT molecular complexity index is 781. The topological polar surface area (TPSA) is 95.8 Å². The molecule has 154 valence electrons. The van der Waals surface area contributed by atoms with E-state index in [1.54, 1.807) is 7.05 Å². The van der Waals surface area contributed by atoms with E-state index in [1.165, 1.54) is 0 Å². The monoisotopic (exact) mass is 575 g/mol. The smallest absolute Gasteiger partial charge is 0.222 e. The van der Waals surface area contributed by atoms with Crippen molar-refractivity contribution in [3.63, 3.8) is 0 Å². The molecule has 1 aliphatic rings. The maximum absolute atomic E-state index is 12.0. The Morgan fingerprint density at radius 2 is 2.19 bits per heavy atom. The summed E-state index contributed by atoms with van der Waals surface area (Å²) in [7, 11) is 2.63. The maximum Gasteiger partial charge on any atom is 0.222 e. The van der Waals surface area contributed by atoms with Gasteiger partial charge in [-0.15, -0.1) is 24.0 Å². The van der Waals surface area contributed by atoms with Crippen LogP contribution >= 0.6 is 39.9 Å². The summed E-state index contributed by atoms with van der Waals surface area (Å²) in [6.07, 6.45) is 2.75. The SMILES string of the molecule is CN=C(NCCC(=O)NC1CCS(=O)(=O)C1)N(C)Cc1cc(Br)cn1C.I. The number of guanidine groups is 1. The Morgan fingerprint density at radius 1 is 1.48 bits per heavy atom. The number of aryl methyl sites for hydroxylation is 1. The molecule has 1 amide bonds. The van der Waals surface area contributed by atoms with Crippen LogP contribution in [-0.4, -0.2) is 67.9 Å². The van der Waals surface area contributed by atoms with E-state index in [0.29, 0.717) is 25.5 Å². The van der Waals surface area contributed by atoms with Crippen molar-refractivity contribution in [2.45, 2.75) is 25.4 Å². The average molecular weight is 576 g/mol. The third-order valence-electron chi connectivity index (χ3n) is 4.28. The summed E-state index contributed by atoms with van der Waals surface area (Å²) in [5.41, 5.74) is 1.13. The first-order chi connectivity index (χ1) is 12.2. The van der Waals surface area contributed by atoms with Crippen LogP contribution in [0.15, 0.2) is 21.7 Å². The van der Waals surface area contributed by atoms with Crippen LogP contribution in [0.4, 0.5) is 0 Å². The highest BCUT2D eigenvalue weighted by Crippen LogP contribution is 2.15. The fraction of sp³-hybridized carbons (Fsp3) is 0.625. The number of nitrogens with zero attached hydrogens (tertiary/aromatic N) is 3. The number of nitrogens with one attached hydrogen (secondary N) is 2. The second-order valence-electron chi connectivity index (χ2n) is 6.51. The lowest BCUT2D eigenvalue weighted by molar-refractivity contribution is -0.121. The van der Waals surface area contributed by atoms with Crippen molar-refractivity contribution in [2.75, 3.05) is 32.1 Å². The number of hydrogen-bond donors (Lipinski definition) is 2. The van der Waals surface area contributed by atoms with Gasteiger partial charge in [-0.25, -0.2) is 8.42 Å². The fourth-order valence-electron chi connectivity index (χ4n) is 2.92. The minimum Gasteiger partial charge on any atom is -0.356 e. The van der Waals surface area contributed by atoms with Gasteiger partial charge in [0, 0.05) is 56.5 Å². The zero-order valence-electron chi connectivity index (χ0n) is 15.7. The van der Waals surface area contributed by atoms with Gasteiger partial charge < -0.3 is 20.1 Å². The van der Waals surface area contributed by atoms with E-state index in [2.05, 4.69) is 31.6 Å². The van der Waals surface area contributed by atoms with E-state index >= 15 is 0 Å². The molecule has 1 aromatic rings. The van der Waals surface area contributed by atoms with Crippen LogP contribution in [0.2, 0.25) is 0 Å². The predicted octanol–water partition coefficient (Wildman–Crippen LogP) is 1.11. The molecule has 1 fully saturated rings. The highest BCUT2D eigenvalue weighted by atomic mass is 127. The van der Waals surface area contributed by atoms with Crippen LogP contribution in [0.1, 0.15) is 18.5 Å². The molecule has 2 N–H and O–H groups in total. The number of halogens is 2. The molecule has 2 rings (SSSR count). The number of hydrogen-bond acceptors (Lipinski definition) is 4. The minimum atomic E-state index is -2.98. The van der Waals surface area contributed by atoms with Crippen molar-refractivity contribution in [3.8, 4) is 0 Å². The van der Waals surface area contributed by atoms with E-state index in [4.69, 9.17) is 0 Å². The summed E-state index contributed by atoms with van der Waals surface area (Å²) in [4.78, 5) is 18.2. The lowest BCUT2D eigenvalue weighted by Crippen LogP contribution is -2.41. The molecule has 1 saturated heterocycles. The number of aromatic nitrogens is 1. The van der Waals surface area contributed by atoms with Crippen LogP contribution in [0.5, 0.6) is 0 Å². The Hall–Kier alpha value is -0.820. The first-order valence-corrected chi connectivity index (χ1v) is 11.0. The molecule has 0 radical (unpaired) electrons. The normalized spacial score (nSPS) is 18.7. The van der Waals surface area contributed by atoms with Crippen LogP contribution in [-0.2, 0) is 28.2 Å². The first-order valence-electron chi connectivity index (χ1n) is 8.42. The quantitative estimate of drug-likeness (QED) is 0.301. The zero-order chi connectivity index (χ0) is 19.3. The molecule has 8 nitrogen and oxygen atoms in total. The Labute approximate surface area is 186 Å². The van der Waals surface area contributed by atoms with Gasteiger partial charge in [0.2, 0.25) is 5.91 Å². The molecular formula is C16H27BrIN5O3S. The highest BCUT2D eigenvalue weighted by Gasteiger charge is 2.28. The second kappa shape index (κ2) is 10.6. The standard InChI is InChI=1S/C16H26BrN5O3S.HI/c1-18-16(22(3)10-14-8-12(17)9-21(14)2)19-6-4-15(23)20-13-5-7-26(24,25)11-13;/h8-9,13H,4-7,10-11H2,1-3H3,(H,18,19)(H,20,23);1H. The third-order valence-corrected chi connectivity index (χ3v) is 6.48. The molecule has 1 atom stereocenters. The van der Waals surface area contributed by atoms with Gasteiger partial charge in [-0.2, -0.15) is 0 Å². The van der Waals surface area contributed by atoms with Gasteiger partial charge in [0.25, 0.3) is 0 Å². The van der Waals surface area contributed by atoms with Crippen molar-refractivity contribution < 1.29 is 13.2 Å². The van der Waals surface area contributed by atoms with E-state index in [0.717, 1.165) is 10.2 Å². The van der Waals surface area contributed by atoms with Crippen LogP contribution in [0, 0.1) is 0 Å². The summed E-state index contributed by atoms with van der Waals surface area (Å²) >= 11 is 3.46. The van der Waals surface area contributed by atoms with Gasteiger partial charge in [-0.1, -0.05) is 0 Å². The van der Waals surface area contributed by atoms with Crippen molar-refractivity contribution in [1.29, 1.82) is 0 Å². The summed E-state index contributed by atoms with van der Waals surface area (Å²) in [6, 6.07) is 1.79. The second-order valence-corrected chi connectivity index (χ2v) is 9.65. The summed E-state index contributed by atoms with van der Waals surface area (Å²) in [5, 5.41) is 5.95. The largest absolute Gasteiger partial charge is 0.356 e. The molecule has 0 bridgehead atoms.